The van der Waals surface area contributed by atoms with E-state index in [1.54, 1.807) is 0 Å². The lowest BCUT2D eigenvalue weighted by Crippen LogP contribution is -1.97. The second kappa shape index (κ2) is 9.29. The average molecular weight is 596 g/mol. The topological polar surface area (TPSA) is 9.23 Å². The molecular formula is C44H26O. The van der Waals surface area contributed by atoms with E-state index in [1.807, 2.05) is 0 Å². The summed E-state index contributed by atoms with van der Waals surface area (Å²) < 4.78 is 231. The highest BCUT2D eigenvalue weighted by atomic mass is 16.5. The molecule has 1 nitrogen and oxygen atoms in total. The predicted molar refractivity (Wildman–Crippen MR) is 189 cm³/mol. The zero-order chi connectivity index (χ0) is 51.2. The molecule has 1 heterocycles. The van der Waals surface area contributed by atoms with Crippen molar-refractivity contribution in [2.45, 2.75) is 0 Å². The van der Waals surface area contributed by atoms with Crippen molar-refractivity contribution in [3.63, 3.8) is 0 Å². The van der Waals surface area contributed by atoms with Crippen LogP contribution in [0.15, 0.2) is 157 Å². The Bertz CT molecular complexity index is 4000. The molecule has 9 aromatic carbocycles. The molecule has 1 heteroatoms. The fraction of sp³-hybridized carbons (Fsp3) is 0. The number of benzene rings is 9. The van der Waals surface area contributed by atoms with E-state index in [2.05, 4.69) is 0 Å². The Morgan fingerprint density at radius 1 is 0.356 bits per heavy atom. The normalized spacial score (nSPS) is 20.0. The van der Waals surface area contributed by atoms with Gasteiger partial charge < -0.3 is 4.74 Å². The second-order valence-electron chi connectivity index (χ2n) is 10.1. The van der Waals surface area contributed by atoms with Gasteiger partial charge in [0.2, 0.25) is 0 Å². The molecule has 0 aliphatic carbocycles. The number of hydrogen-bond acceptors (Lipinski definition) is 1. The van der Waals surface area contributed by atoms with Crippen molar-refractivity contribution < 1.29 is 39.0 Å². The molecule has 0 fully saturated rings. The van der Waals surface area contributed by atoms with Crippen LogP contribution in [0.1, 0.15) is 34.3 Å². The number of hydrogen-bond donors (Lipinski definition) is 0. The molecule has 0 atom stereocenters. The van der Waals surface area contributed by atoms with Crippen molar-refractivity contribution in [3.8, 4) is 56.0 Å². The first kappa shape index (κ1) is 10.6. The van der Waals surface area contributed by atoms with E-state index < -0.39 is 218 Å². The molecule has 0 radical (unpaired) electrons. The Kier molecular flexibility index (Phi) is 2.19. The van der Waals surface area contributed by atoms with E-state index in [0.29, 0.717) is 0 Å². The van der Waals surface area contributed by atoms with E-state index in [1.165, 1.54) is 0 Å². The number of fused-ring (bicyclic) bond motifs is 2. The van der Waals surface area contributed by atoms with Crippen LogP contribution in [0, 0.1) is 0 Å². The lowest BCUT2D eigenvalue weighted by molar-refractivity contribution is 0.487. The first-order valence-corrected chi connectivity index (χ1v) is 13.5. The highest BCUT2D eigenvalue weighted by Crippen LogP contribution is 2.49. The molecule has 9 aromatic rings. The molecule has 10 rings (SSSR count). The van der Waals surface area contributed by atoms with Gasteiger partial charge in [-0.1, -0.05) is 127 Å². The molecule has 1 aliphatic heterocycles. The third kappa shape index (κ3) is 3.62. The van der Waals surface area contributed by atoms with Gasteiger partial charge in [0.25, 0.3) is 0 Å². The minimum Gasteiger partial charge on any atom is -0.456 e. The van der Waals surface area contributed by atoms with E-state index in [0.717, 1.165) is 6.07 Å². The van der Waals surface area contributed by atoms with Crippen molar-refractivity contribution in [1.29, 1.82) is 0 Å². The monoisotopic (exact) mass is 595 g/mol. The van der Waals surface area contributed by atoms with Crippen LogP contribution in [0.2, 0.25) is 0 Å². The number of ether oxygens (including phenoxy) is 1. The molecule has 0 aromatic heterocycles. The van der Waals surface area contributed by atoms with E-state index in [9.17, 15) is 11.0 Å². The zero-order valence-electron chi connectivity index (χ0n) is 47.5. The minimum absolute atomic E-state index is 0.202. The Hall–Kier alpha value is -5.92. The van der Waals surface area contributed by atoms with Gasteiger partial charge in [-0.3, -0.25) is 0 Å². The zero-order valence-corrected chi connectivity index (χ0v) is 22.5. The summed E-state index contributed by atoms with van der Waals surface area (Å²) in [5, 5.41) is -2.74. The second-order valence-corrected chi connectivity index (χ2v) is 10.1. The van der Waals surface area contributed by atoms with Crippen LogP contribution >= 0.6 is 0 Å². The molecule has 0 spiro atoms. The SMILES string of the molecule is [2H]c1c([2H])c([2H])c(-c2c([2H])c(-c3c([2H])c([2H])c4c([2H])c([2H])c5c([2H])c([2H])c([2H])c6c([2H])cc3c4c65)c([2H])c(-c3c([2H])c([2H])c4c5c(c([2H])c([2H])c([2H])c35)-c3c([2H])c([2H])c([2H])c([2H])c3O4)c2[2H])c([2H])c1[2H]. The van der Waals surface area contributed by atoms with Crippen LogP contribution in [-0.4, -0.2) is 0 Å². The standard InChI is InChI=1S/C44H26O/c1-2-8-27(9-3-1)31-24-32(34-20-18-30-17-16-28-10-6-11-29-19-21-39(34)43(30)42(28)29)26-33(25-31)35-22-23-41-44-37(35)13-7-14-38(44)36-12-4-5-15-40(36)45-41/h1-26H/i1D,2D,3D,4D,5D,6D,7D,8D,9D,10D,11D,12D,13D,14D,15D,16D,17D,18D,19D,20D,22D,23D,24D,25D,26D. The van der Waals surface area contributed by atoms with Gasteiger partial charge in [0.05, 0.1) is 34.3 Å². The number of para-hydroxylation sites is 1. The summed E-state index contributed by atoms with van der Waals surface area (Å²) in [5.74, 6) is -1.18. The highest BCUT2D eigenvalue weighted by molar-refractivity contribution is 6.25. The van der Waals surface area contributed by atoms with Gasteiger partial charge in [-0.25, -0.2) is 0 Å². The fourth-order valence-corrected chi connectivity index (χ4v) is 5.73. The maximum Gasteiger partial charge on any atom is 0.135 e. The molecule has 1 aliphatic rings. The third-order valence-corrected chi connectivity index (χ3v) is 7.66. The van der Waals surface area contributed by atoms with Gasteiger partial charge in [0.1, 0.15) is 11.5 Å². The van der Waals surface area contributed by atoms with Crippen LogP contribution in [-0.2, 0) is 0 Å². The van der Waals surface area contributed by atoms with Gasteiger partial charge >= 0.3 is 0 Å². The number of rotatable bonds is 3. The third-order valence-electron chi connectivity index (χ3n) is 7.66. The average Bonchev–Trinajstić information content (AvgIpc) is 3.32. The lowest BCUT2D eigenvalue weighted by Gasteiger charge is -2.23. The molecule has 0 saturated heterocycles. The van der Waals surface area contributed by atoms with Crippen LogP contribution in [0.5, 0.6) is 11.5 Å². The highest BCUT2D eigenvalue weighted by Gasteiger charge is 2.22. The largest absolute Gasteiger partial charge is 0.456 e. The quantitative estimate of drug-likeness (QED) is 0.185. The maximum absolute atomic E-state index is 10.0. The first-order valence-electron chi connectivity index (χ1n) is 26.0. The summed E-state index contributed by atoms with van der Waals surface area (Å²) in [6, 6.07) is -19.6. The van der Waals surface area contributed by atoms with Gasteiger partial charge in [-0.15, -0.1) is 0 Å². The summed E-state index contributed by atoms with van der Waals surface area (Å²) in [6.07, 6.45) is 0. The summed E-state index contributed by atoms with van der Waals surface area (Å²) in [7, 11) is 0. The summed E-state index contributed by atoms with van der Waals surface area (Å²) in [4.78, 5) is 0. The van der Waals surface area contributed by atoms with Crippen LogP contribution in [0.3, 0.4) is 0 Å². The Balaban J connectivity index is 1.49. The molecule has 0 amide bonds. The van der Waals surface area contributed by atoms with E-state index >= 15 is 0 Å². The molecule has 0 bridgehead atoms. The molecular weight excluding hydrogens is 544 g/mol. The summed E-state index contributed by atoms with van der Waals surface area (Å²) in [6.45, 7) is 0. The predicted octanol–water partition coefficient (Wildman–Crippen LogP) is 12.5. The van der Waals surface area contributed by atoms with Crippen molar-refractivity contribution >= 4 is 43.1 Å². The van der Waals surface area contributed by atoms with E-state index in [4.69, 9.17) is 28.0 Å². The molecule has 0 N–H and O–H groups in total. The first-order chi connectivity index (χ1) is 32.7. The smallest absolute Gasteiger partial charge is 0.135 e. The van der Waals surface area contributed by atoms with Gasteiger partial charge in [-0.05, 0) is 107 Å². The van der Waals surface area contributed by atoms with Crippen LogP contribution in [0.25, 0.3) is 87.6 Å². The fourth-order valence-electron chi connectivity index (χ4n) is 5.73. The Morgan fingerprint density at radius 2 is 1.00 bits per heavy atom. The van der Waals surface area contributed by atoms with Crippen molar-refractivity contribution in [2.24, 2.45) is 0 Å². The summed E-state index contributed by atoms with van der Waals surface area (Å²) >= 11 is 0. The minimum atomic E-state index is -1.02. The van der Waals surface area contributed by atoms with Gasteiger partial charge in [-0.2, -0.15) is 0 Å². The molecule has 45 heavy (non-hydrogen) atoms. The van der Waals surface area contributed by atoms with Crippen molar-refractivity contribution in [3.05, 3.63) is 157 Å². The summed E-state index contributed by atoms with van der Waals surface area (Å²) in [5.41, 5.74) is -5.45. The molecule has 0 unspecified atom stereocenters. The molecule has 208 valence electrons. The van der Waals surface area contributed by atoms with E-state index in [-0.39, 0.29) is 32.3 Å². The maximum atomic E-state index is 10.0. The lowest BCUT2D eigenvalue weighted by atomic mass is 9.86. The van der Waals surface area contributed by atoms with Gasteiger partial charge in [0.15, 0.2) is 0 Å². The Morgan fingerprint density at radius 3 is 1.87 bits per heavy atom. The Labute approximate surface area is 296 Å². The van der Waals surface area contributed by atoms with Crippen molar-refractivity contribution in [1.82, 2.24) is 0 Å². The van der Waals surface area contributed by atoms with Crippen molar-refractivity contribution in [2.75, 3.05) is 0 Å². The van der Waals surface area contributed by atoms with Crippen LogP contribution < -0.4 is 4.74 Å². The van der Waals surface area contributed by atoms with Crippen LogP contribution in [0.4, 0.5) is 0 Å². The molecule has 0 saturated carbocycles. The van der Waals surface area contributed by atoms with Gasteiger partial charge in [0, 0.05) is 10.9 Å².